The van der Waals surface area contributed by atoms with Crippen molar-refractivity contribution in [2.24, 2.45) is 0 Å². The van der Waals surface area contributed by atoms with Crippen molar-refractivity contribution in [1.82, 2.24) is 0 Å². The molecule has 0 saturated heterocycles. The van der Waals surface area contributed by atoms with E-state index in [1.165, 1.54) is 22.3 Å². The topological polar surface area (TPSA) is 38.0 Å². The Morgan fingerprint density at radius 2 is 1.38 bits per heavy atom. The molecule has 0 spiro atoms. The van der Waals surface area contributed by atoms with Gasteiger partial charge in [-0.3, -0.25) is 0 Å². The van der Waals surface area contributed by atoms with Crippen molar-refractivity contribution in [3.05, 3.63) is 72.3 Å². The number of anilines is 2. The predicted octanol–water partition coefficient (Wildman–Crippen LogP) is 5.86. The molecule has 0 heterocycles. The summed E-state index contributed by atoms with van der Waals surface area (Å²) in [4.78, 5) is 0. The molecule has 0 aliphatic carbocycles. The van der Waals surface area contributed by atoms with Crippen molar-refractivity contribution < 1.29 is 0 Å². The maximum atomic E-state index is 6.23. The lowest BCUT2D eigenvalue weighted by molar-refractivity contribution is 1.14. The second-order valence-electron chi connectivity index (χ2n) is 5.62. The highest BCUT2D eigenvalue weighted by molar-refractivity contribution is 7.99. The summed E-state index contributed by atoms with van der Waals surface area (Å²) in [5.74, 6) is 0. The van der Waals surface area contributed by atoms with Gasteiger partial charge in [-0.05, 0) is 35.2 Å². The lowest BCUT2D eigenvalue weighted by Crippen LogP contribution is -1.97. The summed E-state index contributed by atoms with van der Waals surface area (Å²) in [6.45, 7) is 2.20. The van der Waals surface area contributed by atoms with E-state index in [9.17, 15) is 0 Å². The van der Waals surface area contributed by atoms with E-state index in [1.54, 1.807) is 11.9 Å². The van der Waals surface area contributed by atoms with Crippen molar-refractivity contribution in [2.75, 3.05) is 16.7 Å². The van der Waals surface area contributed by atoms with Crippen LogP contribution in [0.15, 0.2) is 66.7 Å². The van der Waals surface area contributed by atoms with Gasteiger partial charge >= 0.3 is 0 Å². The van der Waals surface area contributed by atoms with E-state index >= 15 is 0 Å². The van der Waals surface area contributed by atoms with Crippen molar-refractivity contribution >= 4 is 23.3 Å². The zero-order valence-corrected chi connectivity index (χ0v) is 14.9. The van der Waals surface area contributed by atoms with Crippen molar-refractivity contribution in [1.29, 1.82) is 0 Å². The number of hydrogen-bond donors (Lipinski definition) is 2. The Kier molecular flexibility index (Phi) is 5.11. The third kappa shape index (κ3) is 3.13. The summed E-state index contributed by atoms with van der Waals surface area (Å²) in [5.41, 5.74) is 14.3. The minimum Gasteiger partial charge on any atom is -0.398 e. The zero-order valence-electron chi connectivity index (χ0n) is 14.0. The maximum absolute atomic E-state index is 6.23. The van der Waals surface area contributed by atoms with Crippen molar-refractivity contribution in [3.8, 4) is 22.3 Å². The van der Waals surface area contributed by atoms with Crippen LogP contribution < -0.4 is 10.5 Å². The van der Waals surface area contributed by atoms with Gasteiger partial charge in [0, 0.05) is 23.1 Å². The van der Waals surface area contributed by atoms with Crippen LogP contribution in [0.4, 0.5) is 11.4 Å². The van der Waals surface area contributed by atoms with E-state index in [4.69, 9.17) is 5.73 Å². The molecule has 122 valence electrons. The van der Waals surface area contributed by atoms with Crippen LogP contribution in [0, 0.1) is 0 Å². The van der Waals surface area contributed by atoms with Gasteiger partial charge in [-0.2, -0.15) is 0 Å². The molecule has 3 aromatic carbocycles. The van der Waals surface area contributed by atoms with Crippen LogP contribution in [-0.2, 0) is 6.42 Å². The number of nitrogens with one attached hydrogen (secondary N) is 1. The van der Waals surface area contributed by atoms with E-state index in [0.717, 1.165) is 23.4 Å². The van der Waals surface area contributed by atoms with Crippen LogP contribution in [0.1, 0.15) is 12.5 Å². The lowest BCUT2D eigenvalue weighted by Gasteiger charge is -2.18. The molecule has 3 N–H and O–H groups in total. The monoisotopic (exact) mass is 334 g/mol. The number of nitrogens with two attached hydrogens (primary N) is 1. The normalized spacial score (nSPS) is 10.6. The molecule has 2 nitrogen and oxygen atoms in total. The molecule has 0 saturated carbocycles. The molecule has 3 aromatic rings. The Morgan fingerprint density at radius 3 is 2.04 bits per heavy atom. The summed E-state index contributed by atoms with van der Waals surface area (Å²) in [7, 11) is 0. The van der Waals surface area contributed by atoms with Gasteiger partial charge in [-0.25, -0.2) is 0 Å². The number of nitrogen functional groups attached to an aromatic ring is 1. The van der Waals surface area contributed by atoms with Crippen LogP contribution >= 0.6 is 11.9 Å². The summed E-state index contributed by atoms with van der Waals surface area (Å²) in [5, 5.41) is 0. The molecule has 0 unspecified atom stereocenters. The Morgan fingerprint density at radius 1 is 0.792 bits per heavy atom. The highest BCUT2D eigenvalue weighted by Crippen LogP contribution is 2.38. The minimum atomic E-state index is 0.819. The Hall–Kier alpha value is -2.39. The molecular formula is C21H22N2S. The fraction of sp³-hybridized carbons (Fsp3) is 0.143. The van der Waals surface area contributed by atoms with Crippen LogP contribution in [0.2, 0.25) is 0 Å². The molecule has 0 fully saturated rings. The molecule has 3 heteroatoms. The Labute approximate surface area is 148 Å². The van der Waals surface area contributed by atoms with Gasteiger partial charge in [0.25, 0.3) is 0 Å². The van der Waals surface area contributed by atoms with E-state index in [-0.39, 0.29) is 0 Å². The number of benzene rings is 3. The molecule has 24 heavy (non-hydrogen) atoms. The summed E-state index contributed by atoms with van der Waals surface area (Å²) in [6, 6.07) is 23.0. The van der Waals surface area contributed by atoms with Gasteiger partial charge in [0.15, 0.2) is 0 Å². The van der Waals surface area contributed by atoms with E-state index in [0.29, 0.717) is 0 Å². The van der Waals surface area contributed by atoms with Crippen LogP contribution in [0.5, 0.6) is 0 Å². The third-order valence-corrected chi connectivity index (χ3v) is 4.63. The maximum Gasteiger partial charge on any atom is 0.0519 e. The van der Waals surface area contributed by atoms with Gasteiger partial charge in [0.05, 0.1) is 5.69 Å². The van der Waals surface area contributed by atoms with Crippen molar-refractivity contribution in [2.45, 2.75) is 13.3 Å². The first-order valence-electron chi connectivity index (χ1n) is 8.11. The summed E-state index contributed by atoms with van der Waals surface area (Å²) in [6.07, 6.45) is 2.99. The highest BCUT2D eigenvalue weighted by atomic mass is 32.2. The first kappa shape index (κ1) is 16.5. The van der Waals surface area contributed by atoms with Crippen LogP contribution in [0.3, 0.4) is 0 Å². The van der Waals surface area contributed by atoms with Gasteiger partial charge in [0.1, 0.15) is 0 Å². The molecule has 0 radical (unpaired) electrons. The largest absolute Gasteiger partial charge is 0.398 e. The summed E-state index contributed by atoms with van der Waals surface area (Å²) >= 11 is 1.61. The van der Waals surface area contributed by atoms with E-state index in [2.05, 4.69) is 60.2 Å². The molecule has 0 aliphatic heterocycles. The zero-order chi connectivity index (χ0) is 16.9. The second kappa shape index (κ2) is 7.45. The molecule has 3 rings (SSSR count). The molecule has 0 bridgehead atoms. The Balaban J connectivity index is 2.21. The molecular weight excluding hydrogens is 312 g/mol. The number of hydrogen-bond acceptors (Lipinski definition) is 3. The average Bonchev–Trinajstić information content (AvgIpc) is 2.62. The number of rotatable bonds is 5. The fourth-order valence-corrected chi connectivity index (χ4v) is 3.53. The smallest absolute Gasteiger partial charge is 0.0519 e. The first-order chi connectivity index (χ1) is 11.8. The van der Waals surface area contributed by atoms with Crippen LogP contribution in [-0.4, -0.2) is 6.26 Å². The SMILES string of the molecule is CCc1c(-c2ccccc2N)cccc1-c1ccccc1NSC. The highest BCUT2D eigenvalue weighted by Gasteiger charge is 2.14. The third-order valence-electron chi connectivity index (χ3n) is 4.21. The van der Waals surface area contributed by atoms with Gasteiger partial charge in [0.2, 0.25) is 0 Å². The molecule has 0 atom stereocenters. The fourth-order valence-electron chi connectivity index (χ4n) is 3.13. The standard InChI is InChI=1S/C21H22N2S/c1-3-15-16(18-9-4-6-13-20(18)22)11-8-12-17(15)19-10-5-7-14-21(19)23-24-2/h4-14,23H,3,22H2,1-2H3. The van der Waals surface area contributed by atoms with Gasteiger partial charge < -0.3 is 10.5 Å². The van der Waals surface area contributed by atoms with E-state index in [1.807, 2.05) is 24.5 Å². The quantitative estimate of drug-likeness (QED) is 0.453. The van der Waals surface area contributed by atoms with Gasteiger partial charge in [-0.15, -0.1) is 0 Å². The predicted molar refractivity (Wildman–Crippen MR) is 108 cm³/mol. The molecule has 0 amide bonds. The lowest BCUT2D eigenvalue weighted by atomic mass is 9.89. The summed E-state index contributed by atoms with van der Waals surface area (Å²) < 4.78 is 3.39. The average molecular weight is 334 g/mol. The van der Waals surface area contributed by atoms with Crippen LogP contribution in [0.25, 0.3) is 22.3 Å². The first-order valence-corrected chi connectivity index (χ1v) is 9.34. The second-order valence-corrected chi connectivity index (χ2v) is 6.24. The van der Waals surface area contributed by atoms with Crippen molar-refractivity contribution in [3.63, 3.8) is 0 Å². The Bertz CT molecular complexity index is 843. The number of para-hydroxylation sites is 2. The van der Waals surface area contributed by atoms with Gasteiger partial charge in [-0.1, -0.05) is 73.5 Å². The van der Waals surface area contributed by atoms with E-state index < -0.39 is 0 Å². The minimum absolute atomic E-state index is 0.819. The molecule has 0 aromatic heterocycles. The molecule has 0 aliphatic rings.